The molecule has 0 bridgehead atoms. The first-order valence-electron chi connectivity index (χ1n) is 7.28. The van der Waals surface area contributed by atoms with Gasteiger partial charge >= 0.3 is 0 Å². The van der Waals surface area contributed by atoms with Gasteiger partial charge in [0.15, 0.2) is 0 Å². The number of aryl methyl sites for hydroxylation is 3. The maximum atomic E-state index is 5.85. The zero-order valence-electron chi connectivity index (χ0n) is 13.5. The van der Waals surface area contributed by atoms with Crippen molar-refractivity contribution in [1.82, 2.24) is 4.90 Å². The average Bonchev–Trinajstić information content (AvgIpc) is 2.34. The Balaban J connectivity index is 2.84. The molecule has 0 saturated carbocycles. The Hall–Kier alpha value is -0.860. The van der Waals surface area contributed by atoms with Crippen LogP contribution in [0.2, 0.25) is 0 Å². The molecule has 0 amide bonds. The van der Waals surface area contributed by atoms with Crippen molar-refractivity contribution in [3.63, 3.8) is 0 Å². The van der Waals surface area contributed by atoms with Crippen LogP contribution in [-0.2, 0) is 6.54 Å². The molecule has 0 aliphatic carbocycles. The third-order valence-electron chi connectivity index (χ3n) is 4.00. The van der Waals surface area contributed by atoms with Gasteiger partial charge in [0.1, 0.15) is 0 Å². The predicted octanol–water partition coefficient (Wildman–Crippen LogP) is 3.42. The van der Waals surface area contributed by atoms with Gasteiger partial charge in [0.2, 0.25) is 0 Å². The lowest BCUT2D eigenvalue weighted by molar-refractivity contribution is 0.183. The minimum absolute atomic E-state index is 0.184. The molecular formula is C17H30N2. The van der Waals surface area contributed by atoms with Gasteiger partial charge in [0.05, 0.1) is 0 Å². The summed E-state index contributed by atoms with van der Waals surface area (Å²) in [5.74, 6) is 0. The van der Waals surface area contributed by atoms with E-state index in [0.29, 0.717) is 0 Å². The Morgan fingerprint density at radius 1 is 1.05 bits per heavy atom. The third-order valence-corrected chi connectivity index (χ3v) is 4.00. The third kappa shape index (κ3) is 4.63. The molecule has 0 aliphatic rings. The Labute approximate surface area is 119 Å². The average molecular weight is 262 g/mol. The highest BCUT2D eigenvalue weighted by atomic mass is 15.1. The van der Waals surface area contributed by atoms with Crippen LogP contribution in [0.3, 0.4) is 0 Å². The van der Waals surface area contributed by atoms with Crippen molar-refractivity contribution in [2.24, 2.45) is 11.1 Å². The summed E-state index contributed by atoms with van der Waals surface area (Å²) in [6, 6.07) is 4.63. The molecule has 0 spiro atoms. The summed E-state index contributed by atoms with van der Waals surface area (Å²) >= 11 is 0. The molecule has 108 valence electrons. The zero-order valence-corrected chi connectivity index (χ0v) is 13.5. The van der Waals surface area contributed by atoms with E-state index in [1.807, 2.05) is 0 Å². The van der Waals surface area contributed by atoms with Gasteiger partial charge in [-0.25, -0.2) is 0 Å². The molecule has 0 aliphatic heterocycles. The van der Waals surface area contributed by atoms with Gasteiger partial charge in [-0.3, -0.25) is 4.90 Å². The van der Waals surface area contributed by atoms with Crippen LogP contribution in [-0.4, -0.2) is 24.5 Å². The summed E-state index contributed by atoms with van der Waals surface area (Å²) in [6.07, 6.45) is 0. The van der Waals surface area contributed by atoms with E-state index in [9.17, 15) is 0 Å². The van der Waals surface area contributed by atoms with Crippen LogP contribution in [0.4, 0.5) is 0 Å². The standard InChI is InChI=1S/C17H30N2/c1-7-19(12-17(5,6)11-18)10-16-9-14(3)13(2)8-15(16)4/h8-9H,7,10-12,18H2,1-6H3. The first-order chi connectivity index (χ1) is 8.79. The molecule has 2 nitrogen and oxygen atoms in total. The van der Waals surface area contributed by atoms with Crippen LogP contribution in [0.1, 0.15) is 43.0 Å². The maximum absolute atomic E-state index is 5.85. The van der Waals surface area contributed by atoms with E-state index < -0.39 is 0 Å². The van der Waals surface area contributed by atoms with Crippen LogP contribution in [0, 0.1) is 26.2 Å². The molecule has 0 radical (unpaired) electrons. The van der Waals surface area contributed by atoms with Crippen LogP contribution < -0.4 is 5.73 Å². The topological polar surface area (TPSA) is 29.3 Å². The number of hydrogen-bond acceptors (Lipinski definition) is 2. The van der Waals surface area contributed by atoms with E-state index in [0.717, 1.165) is 26.2 Å². The van der Waals surface area contributed by atoms with E-state index in [1.54, 1.807) is 0 Å². The molecule has 0 unspecified atom stereocenters. The summed E-state index contributed by atoms with van der Waals surface area (Å²) in [7, 11) is 0. The highest BCUT2D eigenvalue weighted by Crippen LogP contribution is 2.20. The fourth-order valence-electron chi connectivity index (χ4n) is 2.38. The Kier molecular flexibility index (Phi) is 5.57. The van der Waals surface area contributed by atoms with E-state index in [1.165, 1.54) is 22.3 Å². The molecule has 0 atom stereocenters. The molecule has 2 N–H and O–H groups in total. The van der Waals surface area contributed by atoms with Crippen LogP contribution in [0.25, 0.3) is 0 Å². The van der Waals surface area contributed by atoms with Crippen LogP contribution >= 0.6 is 0 Å². The largest absolute Gasteiger partial charge is 0.330 e. The Bertz CT molecular complexity index is 422. The van der Waals surface area contributed by atoms with Crippen molar-refractivity contribution in [3.8, 4) is 0 Å². The van der Waals surface area contributed by atoms with Crippen molar-refractivity contribution >= 4 is 0 Å². The maximum Gasteiger partial charge on any atom is 0.0236 e. The van der Waals surface area contributed by atoms with Gasteiger partial charge in [-0.05, 0) is 61.5 Å². The summed E-state index contributed by atoms with van der Waals surface area (Å²) in [6.45, 7) is 17.2. The summed E-state index contributed by atoms with van der Waals surface area (Å²) in [4.78, 5) is 2.49. The number of rotatable bonds is 6. The summed E-state index contributed by atoms with van der Waals surface area (Å²) in [5, 5.41) is 0. The summed E-state index contributed by atoms with van der Waals surface area (Å²) in [5.41, 5.74) is 11.6. The molecule has 0 fully saturated rings. The fourth-order valence-corrected chi connectivity index (χ4v) is 2.38. The van der Waals surface area contributed by atoms with E-state index in [4.69, 9.17) is 5.73 Å². The normalized spacial score (nSPS) is 12.2. The molecule has 2 heteroatoms. The lowest BCUT2D eigenvalue weighted by Crippen LogP contribution is -2.38. The van der Waals surface area contributed by atoms with Crippen LogP contribution in [0.15, 0.2) is 12.1 Å². The lowest BCUT2D eigenvalue weighted by Gasteiger charge is -2.31. The molecule has 1 aromatic carbocycles. The predicted molar refractivity (Wildman–Crippen MR) is 84.4 cm³/mol. The quantitative estimate of drug-likeness (QED) is 0.851. The minimum atomic E-state index is 0.184. The smallest absolute Gasteiger partial charge is 0.0236 e. The van der Waals surface area contributed by atoms with Gasteiger partial charge in [-0.2, -0.15) is 0 Å². The van der Waals surface area contributed by atoms with Crippen molar-refractivity contribution in [3.05, 3.63) is 34.4 Å². The van der Waals surface area contributed by atoms with Gasteiger partial charge in [0.25, 0.3) is 0 Å². The second kappa shape index (κ2) is 6.53. The number of nitrogens with two attached hydrogens (primary N) is 1. The summed E-state index contributed by atoms with van der Waals surface area (Å²) < 4.78 is 0. The fraction of sp³-hybridized carbons (Fsp3) is 0.647. The molecule has 19 heavy (non-hydrogen) atoms. The van der Waals surface area contributed by atoms with Crippen molar-refractivity contribution in [2.75, 3.05) is 19.6 Å². The van der Waals surface area contributed by atoms with Crippen molar-refractivity contribution < 1.29 is 0 Å². The van der Waals surface area contributed by atoms with E-state index in [-0.39, 0.29) is 5.41 Å². The van der Waals surface area contributed by atoms with Crippen molar-refractivity contribution in [2.45, 2.75) is 48.1 Å². The van der Waals surface area contributed by atoms with Gasteiger partial charge in [0, 0.05) is 13.1 Å². The molecule has 0 aromatic heterocycles. The molecule has 1 rings (SSSR count). The first kappa shape index (κ1) is 16.2. The van der Waals surface area contributed by atoms with Gasteiger partial charge in [-0.15, -0.1) is 0 Å². The van der Waals surface area contributed by atoms with Gasteiger partial charge in [-0.1, -0.05) is 32.9 Å². The number of nitrogens with zero attached hydrogens (tertiary/aromatic N) is 1. The van der Waals surface area contributed by atoms with E-state index >= 15 is 0 Å². The second-order valence-corrected chi connectivity index (χ2v) is 6.53. The highest BCUT2D eigenvalue weighted by molar-refractivity contribution is 5.36. The Morgan fingerprint density at radius 2 is 1.63 bits per heavy atom. The highest BCUT2D eigenvalue weighted by Gasteiger charge is 2.19. The van der Waals surface area contributed by atoms with Crippen LogP contribution in [0.5, 0.6) is 0 Å². The second-order valence-electron chi connectivity index (χ2n) is 6.53. The number of benzene rings is 1. The molecule has 1 aromatic rings. The van der Waals surface area contributed by atoms with Crippen molar-refractivity contribution in [1.29, 1.82) is 0 Å². The molecule has 0 saturated heterocycles. The number of hydrogen-bond donors (Lipinski definition) is 1. The zero-order chi connectivity index (χ0) is 14.6. The van der Waals surface area contributed by atoms with E-state index in [2.05, 4.69) is 58.6 Å². The SMILES string of the molecule is CCN(Cc1cc(C)c(C)cc1C)CC(C)(C)CN. The lowest BCUT2D eigenvalue weighted by atomic mass is 9.92. The molecule has 0 heterocycles. The minimum Gasteiger partial charge on any atom is -0.330 e. The molecular weight excluding hydrogens is 232 g/mol. The van der Waals surface area contributed by atoms with Gasteiger partial charge < -0.3 is 5.73 Å². The Morgan fingerprint density at radius 3 is 2.16 bits per heavy atom. The monoisotopic (exact) mass is 262 g/mol. The first-order valence-corrected chi connectivity index (χ1v) is 7.28.